The molecule has 1 atom stereocenters. The summed E-state index contributed by atoms with van der Waals surface area (Å²) in [6, 6.07) is 13.3. The van der Waals surface area contributed by atoms with Crippen molar-refractivity contribution >= 4 is 17.4 Å². The monoisotopic (exact) mass is 384 g/mol. The van der Waals surface area contributed by atoms with Gasteiger partial charge in [-0.3, -0.25) is 15.0 Å². The summed E-state index contributed by atoms with van der Waals surface area (Å²) in [7, 11) is 1.64. The number of nitrogens with zero attached hydrogens (tertiary/aromatic N) is 2. The van der Waals surface area contributed by atoms with Gasteiger partial charge in [-0.25, -0.2) is 4.79 Å². The van der Waals surface area contributed by atoms with Crippen molar-refractivity contribution in [3.05, 3.63) is 64.2 Å². The number of nitrogens with one attached hydrogen (secondary N) is 2. The topological polar surface area (TPSA) is 96.7 Å². The molecule has 0 unspecified atom stereocenters. The zero-order valence-electron chi connectivity index (χ0n) is 15.8. The number of amides is 2. The maximum atomic E-state index is 12.4. The highest BCUT2D eigenvalue weighted by Crippen LogP contribution is 2.31. The predicted octanol–water partition coefficient (Wildman–Crippen LogP) is 3.56. The highest BCUT2D eigenvalue weighted by atomic mass is 16.6. The fourth-order valence-electron chi connectivity index (χ4n) is 3.49. The van der Waals surface area contributed by atoms with E-state index in [0.29, 0.717) is 12.2 Å². The Hall–Kier alpha value is -3.13. The molecule has 1 saturated heterocycles. The normalized spacial score (nSPS) is 15.0. The molecule has 0 radical (unpaired) electrons. The standard InChI is InChI=1S/C20H24N4O4/c1-28-19-10-3-2-9-17(19)18(23-11-4-5-12-23)14-21-20(25)22-15-7-6-8-16(13-15)24(26)27/h2-3,6-10,13,18H,4-5,11-12,14H2,1H3,(H2,21,22,25)/t18-/m0/s1. The lowest BCUT2D eigenvalue weighted by atomic mass is 10.0. The second-order valence-corrected chi connectivity index (χ2v) is 6.64. The van der Waals surface area contributed by atoms with Crippen LogP contribution in [-0.2, 0) is 0 Å². The van der Waals surface area contributed by atoms with Gasteiger partial charge in [-0.1, -0.05) is 24.3 Å². The number of hydrogen-bond acceptors (Lipinski definition) is 5. The number of non-ortho nitro benzene ring substituents is 1. The zero-order chi connectivity index (χ0) is 19.9. The van der Waals surface area contributed by atoms with Gasteiger partial charge in [0.1, 0.15) is 5.75 Å². The first-order valence-corrected chi connectivity index (χ1v) is 9.25. The molecule has 3 rings (SSSR count). The molecule has 0 aromatic heterocycles. The van der Waals surface area contributed by atoms with Crippen molar-refractivity contribution in [3.63, 3.8) is 0 Å². The van der Waals surface area contributed by atoms with Gasteiger partial charge in [0, 0.05) is 29.9 Å². The molecule has 1 heterocycles. The maximum Gasteiger partial charge on any atom is 0.319 e. The molecule has 2 N–H and O–H groups in total. The quantitative estimate of drug-likeness (QED) is 0.562. The number of carbonyl (C=O) groups is 1. The lowest BCUT2D eigenvalue weighted by molar-refractivity contribution is -0.384. The van der Waals surface area contributed by atoms with E-state index in [4.69, 9.17) is 4.74 Å². The number of urea groups is 1. The number of nitro groups is 1. The first-order valence-electron chi connectivity index (χ1n) is 9.25. The van der Waals surface area contributed by atoms with E-state index >= 15 is 0 Å². The maximum absolute atomic E-state index is 12.4. The summed E-state index contributed by atoms with van der Waals surface area (Å²) in [6.45, 7) is 2.34. The fraction of sp³-hybridized carbons (Fsp3) is 0.350. The Morgan fingerprint density at radius 3 is 2.68 bits per heavy atom. The molecule has 28 heavy (non-hydrogen) atoms. The van der Waals surface area contributed by atoms with Crippen molar-refractivity contribution in [1.82, 2.24) is 10.2 Å². The lowest BCUT2D eigenvalue weighted by Gasteiger charge is -2.29. The molecule has 2 aromatic carbocycles. The molecular weight excluding hydrogens is 360 g/mol. The molecule has 0 bridgehead atoms. The van der Waals surface area contributed by atoms with Gasteiger partial charge in [0.2, 0.25) is 0 Å². The summed E-state index contributed by atoms with van der Waals surface area (Å²) >= 11 is 0. The number of nitro benzene ring substituents is 1. The molecule has 2 amide bonds. The summed E-state index contributed by atoms with van der Waals surface area (Å²) in [4.78, 5) is 25.1. The number of hydrogen-bond donors (Lipinski definition) is 2. The molecule has 8 heteroatoms. The minimum atomic E-state index is -0.492. The summed E-state index contributed by atoms with van der Waals surface area (Å²) in [6.07, 6.45) is 2.26. The molecule has 148 valence electrons. The Morgan fingerprint density at radius 2 is 1.96 bits per heavy atom. The van der Waals surface area contributed by atoms with Gasteiger partial charge in [0.05, 0.1) is 18.1 Å². The third kappa shape index (κ3) is 4.77. The highest BCUT2D eigenvalue weighted by molar-refractivity contribution is 5.89. The minimum absolute atomic E-state index is 0.00508. The van der Waals surface area contributed by atoms with E-state index in [-0.39, 0.29) is 11.7 Å². The van der Waals surface area contributed by atoms with Gasteiger partial charge >= 0.3 is 6.03 Å². The van der Waals surface area contributed by atoms with Gasteiger partial charge in [0.25, 0.3) is 5.69 Å². The first kappa shape index (κ1) is 19.6. The van der Waals surface area contributed by atoms with Gasteiger partial charge in [-0.15, -0.1) is 0 Å². The first-order chi connectivity index (χ1) is 13.6. The Kier molecular flexibility index (Phi) is 6.44. The minimum Gasteiger partial charge on any atom is -0.496 e. The van der Waals surface area contributed by atoms with Crippen molar-refractivity contribution in [1.29, 1.82) is 0 Å². The van der Waals surface area contributed by atoms with Gasteiger partial charge in [-0.05, 0) is 38.1 Å². The van der Waals surface area contributed by atoms with E-state index in [1.54, 1.807) is 13.2 Å². The van der Waals surface area contributed by atoms with E-state index < -0.39 is 11.0 Å². The van der Waals surface area contributed by atoms with E-state index in [1.165, 1.54) is 18.2 Å². The highest BCUT2D eigenvalue weighted by Gasteiger charge is 2.26. The number of ether oxygens (including phenoxy) is 1. The average molecular weight is 384 g/mol. The predicted molar refractivity (Wildman–Crippen MR) is 107 cm³/mol. The largest absolute Gasteiger partial charge is 0.496 e. The van der Waals surface area contributed by atoms with Crippen molar-refractivity contribution in [2.75, 3.05) is 32.1 Å². The summed E-state index contributed by atoms with van der Waals surface area (Å²) in [5.74, 6) is 0.792. The molecule has 0 saturated carbocycles. The van der Waals surface area contributed by atoms with Gasteiger partial charge < -0.3 is 15.4 Å². The summed E-state index contributed by atoms with van der Waals surface area (Å²) in [5.41, 5.74) is 1.34. The van der Waals surface area contributed by atoms with E-state index in [2.05, 4.69) is 15.5 Å². The third-order valence-electron chi connectivity index (χ3n) is 4.85. The van der Waals surface area contributed by atoms with Crippen LogP contribution in [0, 0.1) is 10.1 Å². The average Bonchev–Trinajstić information content (AvgIpc) is 3.23. The van der Waals surface area contributed by atoms with Crippen LogP contribution in [0.15, 0.2) is 48.5 Å². The zero-order valence-corrected chi connectivity index (χ0v) is 15.8. The fourth-order valence-corrected chi connectivity index (χ4v) is 3.49. The van der Waals surface area contributed by atoms with Crippen LogP contribution in [-0.4, -0.2) is 42.6 Å². The number of benzene rings is 2. The van der Waals surface area contributed by atoms with Crippen molar-refractivity contribution in [2.24, 2.45) is 0 Å². The Balaban J connectivity index is 1.69. The van der Waals surface area contributed by atoms with Gasteiger partial charge in [0.15, 0.2) is 0 Å². The number of likely N-dealkylation sites (tertiary alicyclic amines) is 1. The Labute approximate surface area is 163 Å². The van der Waals surface area contributed by atoms with Crippen LogP contribution < -0.4 is 15.4 Å². The SMILES string of the molecule is COc1ccccc1[C@H](CNC(=O)Nc1cccc([N+](=O)[O-])c1)N1CCCC1. The lowest BCUT2D eigenvalue weighted by Crippen LogP contribution is -2.38. The molecule has 0 aliphatic carbocycles. The molecular formula is C20H24N4O4. The molecule has 2 aromatic rings. The summed E-state index contributed by atoms with van der Waals surface area (Å²) < 4.78 is 5.51. The molecule has 8 nitrogen and oxygen atoms in total. The van der Waals surface area contributed by atoms with Crippen molar-refractivity contribution in [2.45, 2.75) is 18.9 Å². The van der Waals surface area contributed by atoms with Crippen LogP contribution >= 0.6 is 0 Å². The number of carbonyl (C=O) groups excluding carboxylic acids is 1. The second-order valence-electron chi connectivity index (χ2n) is 6.64. The van der Waals surface area contributed by atoms with Crippen LogP contribution in [0.25, 0.3) is 0 Å². The van der Waals surface area contributed by atoms with Crippen LogP contribution in [0.2, 0.25) is 0 Å². The van der Waals surface area contributed by atoms with Crippen molar-refractivity contribution < 1.29 is 14.5 Å². The Morgan fingerprint density at radius 1 is 1.21 bits per heavy atom. The van der Waals surface area contributed by atoms with Gasteiger partial charge in [-0.2, -0.15) is 0 Å². The van der Waals surface area contributed by atoms with E-state index in [0.717, 1.165) is 37.2 Å². The van der Waals surface area contributed by atoms with E-state index in [9.17, 15) is 14.9 Å². The second kappa shape index (κ2) is 9.18. The number of para-hydroxylation sites is 1. The van der Waals surface area contributed by atoms with Crippen LogP contribution in [0.1, 0.15) is 24.4 Å². The van der Waals surface area contributed by atoms with Crippen LogP contribution in [0.5, 0.6) is 5.75 Å². The van der Waals surface area contributed by atoms with Crippen molar-refractivity contribution in [3.8, 4) is 5.75 Å². The summed E-state index contributed by atoms with van der Waals surface area (Å²) in [5, 5.41) is 16.4. The third-order valence-corrected chi connectivity index (χ3v) is 4.85. The molecule has 1 aliphatic heterocycles. The number of rotatable bonds is 7. The van der Waals surface area contributed by atoms with Crippen LogP contribution in [0.4, 0.5) is 16.2 Å². The smallest absolute Gasteiger partial charge is 0.319 e. The Bertz CT molecular complexity index is 836. The molecule has 1 fully saturated rings. The number of methoxy groups -OCH3 is 1. The van der Waals surface area contributed by atoms with Crippen LogP contribution in [0.3, 0.4) is 0 Å². The molecule has 1 aliphatic rings. The van der Waals surface area contributed by atoms with E-state index in [1.807, 2.05) is 24.3 Å². The number of anilines is 1. The molecule has 0 spiro atoms.